The highest BCUT2D eigenvalue weighted by molar-refractivity contribution is 6.09. The molecule has 0 radical (unpaired) electrons. The summed E-state index contributed by atoms with van der Waals surface area (Å²) in [4.78, 5) is 4.70. The van der Waals surface area contributed by atoms with Gasteiger partial charge in [-0.05, 0) is 31.1 Å². The second kappa shape index (κ2) is 4.65. The molecule has 3 rings (SSSR count). The Labute approximate surface area is 97.9 Å². The lowest BCUT2D eigenvalue weighted by atomic mass is 10.1. The molecule has 1 aromatic rings. The fourth-order valence-corrected chi connectivity index (χ4v) is 1.97. The normalized spacial score (nSPS) is 25.1. The lowest BCUT2D eigenvalue weighted by Gasteiger charge is -2.06. The van der Waals surface area contributed by atoms with Crippen molar-refractivity contribution in [3.05, 3.63) is 47.5 Å². The Bertz CT molecular complexity index is 429. The molecule has 1 fully saturated rings. The van der Waals surface area contributed by atoms with Gasteiger partial charge in [0.1, 0.15) is 0 Å². The average molecular weight is 213 g/mol. The van der Waals surface area contributed by atoms with E-state index in [1.165, 1.54) is 17.5 Å². The smallest absolute Gasteiger partial charge is 0.0647 e. The number of aliphatic imine (C=N–C) groups is 1. The number of benzene rings is 1. The molecule has 16 heavy (non-hydrogen) atoms. The van der Waals surface area contributed by atoms with Crippen LogP contribution in [0.3, 0.4) is 0 Å². The first kappa shape index (κ1) is 11.1. The molecule has 1 aliphatic heterocycles. The second-order valence-electron chi connectivity index (χ2n) is 4.21. The molecule has 1 heteroatoms. The van der Waals surface area contributed by atoms with Crippen LogP contribution in [0.2, 0.25) is 0 Å². The standard InChI is InChI=1S/C13H13N.C2H6/c1-9-3-2-4-10(7-9)12-6-5-11-8-13(11)14-12;1-2/h2-7,11,13H,8H2,1H3;1-2H3. The zero-order chi connectivity index (χ0) is 11.5. The molecule has 1 aliphatic carbocycles. The van der Waals surface area contributed by atoms with Crippen LogP contribution in [0.4, 0.5) is 0 Å². The Kier molecular flexibility index (Phi) is 3.23. The van der Waals surface area contributed by atoms with Crippen molar-refractivity contribution >= 4 is 5.71 Å². The molecule has 1 aromatic carbocycles. The summed E-state index contributed by atoms with van der Waals surface area (Å²) in [6.07, 6.45) is 5.73. The second-order valence-corrected chi connectivity index (χ2v) is 4.21. The minimum absolute atomic E-state index is 0.593. The van der Waals surface area contributed by atoms with Gasteiger partial charge in [0.25, 0.3) is 0 Å². The molecule has 1 heterocycles. The predicted octanol–water partition coefficient (Wildman–Crippen LogP) is 3.77. The number of fused-ring (bicyclic) bond motifs is 1. The molecular formula is C15H19N. The van der Waals surface area contributed by atoms with Gasteiger partial charge in [-0.1, -0.05) is 43.7 Å². The summed E-state index contributed by atoms with van der Waals surface area (Å²) >= 11 is 0. The van der Waals surface area contributed by atoms with Crippen LogP contribution in [0.25, 0.3) is 0 Å². The predicted molar refractivity (Wildman–Crippen MR) is 70.1 cm³/mol. The van der Waals surface area contributed by atoms with E-state index in [0.29, 0.717) is 6.04 Å². The largest absolute Gasteiger partial charge is 0.281 e. The fraction of sp³-hybridized carbons (Fsp3) is 0.400. The summed E-state index contributed by atoms with van der Waals surface area (Å²) in [6, 6.07) is 9.15. The third-order valence-corrected chi connectivity index (χ3v) is 2.92. The Morgan fingerprint density at radius 2 is 2.06 bits per heavy atom. The van der Waals surface area contributed by atoms with Crippen LogP contribution in [0, 0.1) is 12.8 Å². The van der Waals surface area contributed by atoms with E-state index < -0.39 is 0 Å². The molecule has 1 saturated carbocycles. The molecular weight excluding hydrogens is 194 g/mol. The van der Waals surface area contributed by atoms with Gasteiger partial charge < -0.3 is 0 Å². The fourth-order valence-electron chi connectivity index (χ4n) is 1.97. The molecule has 0 N–H and O–H groups in total. The lowest BCUT2D eigenvalue weighted by molar-refractivity contribution is 0.963. The number of rotatable bonds is 1. The van der Waals surface area contributed by atoms with E-state index in [9.17, 15) is 0 Å². The maximum atomic E-state index is 4.70. The minimum Gasteiger partial charge on any atom is -0.281 e. The topological polar surface area (TPSA) is 12.4 Å². The molecule has 0 saturated heterocycles. The number of nitrogens with zero attached hydrogens (tertiary/aromatic N) is 1. The molecule has 1 nitrogen and oxygen atoms in total. The van der Waals surface area contributed by atoms with Gasteiger partial charge in [0, 0.05) is 5.92 Å². The summed E-state index contributed by atoms with van der Waals surface area (Å²) in [7, 11) is 0. The van der Waals surface area contributed by atoms with Gasteiger partial charge in [-0.15, -0.1) is 0 Å². The summed E-state index contributed by atoms with van der Waals surface area (Å²) in [5, 5.41) is 0. The van der Waals surface area contributed by atoms with E-state index >= 15 is 0 Å². The van der Waals surface area contributed by atoms with Gasteiger partial charge in [0.2, 0.25) is 0 Å². The summed E-state index contributed by atoms with van der Waals surface area (Å²) < 4.78 is 0. The van der Waals surface area contributed by atoms with Crippen molar-refractivity contribution in [2.24, 2.45) is 10.9 Å². The zero-order valence-electron chi connectivity index (χ0n) is 10.3. The molecule has 0 bridgehead atoms. The highest BCUT2D eigenvalue weighted by Gasteiger charge is 2.36. The van der Waals surface area contributed by atoms with Crippen molar-refractivity contribution in [1.29, 1.82) is 0 Å². The van der Waals surface area contributed by atoms with Crippen molar-refractivity contribution in [2.75, 3.05) is 0 Å². The van der Waals surface area contributed by atoms with Gasteiger partial charge in [0.05, 0.1) is 11.8 Å². The van der Waals surface area contributed by atoms with Crippen molar-refractivity contribution < 1.29 is 0 Å². The summed E-state index contributed by atoms with van der Waals surface area (Å²) in [5.74, 6) is 0.753. The van der Waals surface area contributed by atoms with Gasteiger partial charge in [-0.2, -0.15) is 0 Å². The monoisotopic (exact) mass is 213 g/mol. The van der Waals surface area contributed by atoms with Crippen molar-refractivity contribution in [1.82, 2.24) is 0 Å². The van der Waals surface area contributed by atoms with E-state index in [0.717, 1.165) is 11.6 Å². The molecule has 0 spiro atoms. The van der Waals surface area contributed by atoms with Crippen LogP contribution in [0.1, 0.15) is 31.4 Å². The molecule has 2 atom stereocenters. The van der Waals surface area contributed by atoms with E-state index in [1.807, 2.05) is 13.8 Å². The Morgan fingerprint density at radius 1 is 1.25 bits per heavy atom. The third kappa shape index (κ3) is 2.24. The highest BCUT2D eigenvalue weighted by atomic mass is 14.9. The van der Waals surface area contributed by atoms with E-state index in [1.54, 1.807) is 0 Å². The first-order valence-corrected chi connectivity index (χ1v) is 6.16. The van der Waals surface area contributed by atoms with Crippen molar-refractivity contribution in [3.63, 3.8) is 0 Å². The Hall–Kier alpha value is -1.37. The number of hydrogen-bond donors (Lipinski definition) is 0. The maximum absolute atomic E-state index is 4.70. The Balaban J connectivity index is 0.000000457. The van der Waals surface area contributed by atoms with Crippen LogP contribution in [-0.4, -0.2) is 11.8 Å². The molecule has 84 valence electrons. The quantitative estimate of drug-likeness (QED) is 0.673. The number of hydrogen-bond acceptors (Lipinski definition) is 1. The van der Waals surface area contributed by atoms with Crippen LogP contribution in [0.5, 0.6) is 0 Å². The summed E-state index contributed by atoms with van der Waals surface area (Å²) in [6.45, 7) is 6.12. The highest BCUT2D eigenvalue weighted by Crippen LogP contribution is 2.38. The van der Waals surface area contributed by atoms with Gasteiger partial charge in [0.15, 0.2) is 0 Å². The van der Waals surface area contributed by atoms with Gasteiger partial charge >= 0.3 is 0 Å². The minimum atomic E-state index is 0.593. The summed E-state index contributed by atoms with van der Waals surface area (Å²) in [5.41, 5.74) is 3.72. The first-order valence-electron chi connectivity index (χ1n) is 6.16. The van der Waals surface area contributed by atoms with Gasteiger partial charge in [-0.25, -0.2) is 0 Å². The zero-order valence-corrected chi connectivity index (χ0v) is 10.3. The molecule has 0 aromatic heterocycles. The van der Waals surface area contributed by atoms with Gasteiger partial charge in [-0.3, -0.25) is 4.99 Å². The maximum Gasteiger partial charge on any atom is 0.0647 e. The lowest BCUT2D eigenvalue weighted by Crippen LogP contribution is -2.03. The van der Waals surface area contributed by atoms with E-state index in [4.69, 9.17) is 4.99 Å². The number of dihydropyridines is 1. The number of aryl methyl sites for hydroxylation is 1. The van der Waals surface area contributed by atoms with Crippen molar-refractivity contribution in [3.8, 4) is 0 Å². The average Bonchev–Trinajstić information content (AvgIpc) is 3.09. The van der Waals surface area contributed by atoms with Crippen LogP contribution >= 0.6 is 0 Å². The first-order chi connectivity index (χ1) is 7.83. The van der Waals surface area contributed by atoms with E-state index in [2.05, 4.69) is 43.3 Å². The molecule has 2 unspecified atom stereocenters. The van der Waals surface area contributed by atoms with E-state index in [-0.39, 0.29) is 0 Å². The van der Waals surface area contributed by atoms with Crippen LogP contribution in [0.15, 0.2) is 41.4 Å². The van der Waals surface area contributed by atoms with Crippen molar-refractivity contribution in [2.45, 2.75) is 33.2 Å². The third-order valence-electron chi connectivity index (χ3n) is 2.92. The van der Waals surface area contributed by atoms with Crippen LogP contribution < -0.4 is 0 Å². The van der Waals surface area contributed by atoms with Crippen LogP contribution in [-0.2, 0) is 0 Å². The Morgan fingerprint density at radius 3 is 2.75 bits per heavy atom. The molecule has 0 amide bonds. The number of allylic oxidation sites excluding steroid dienone is 1. The molecule has 2 aliphatic rings. The SMILES string of the molecule is CC.Cc1cccc(C2=NC3CC3C=C2)c1.